The van der Waals surface area contributed by atoms with Gasteiger partial charge in [-0.3, -0.25) is 4.79 Å². The molecule has 18 heavy (non-hydrogen) atoms. The molecule has 0 bridgehead atoms. The lowest BCUT2D eigenvalue weighted by Gasteiger charge is -2.22. The molecule has 1 heterocycles. The molecule has 0 amide bonds. The van der Waals surface area contributed by atoms with Crippen molar-refractivity contribution in [1.29, 1.82) is 0 Å². The van der Waals surface area contributed by atoms with Crippen molar-refractivity contribution in [3.63, 3.8) is 0 Å². The highest BCUT2D eigenvalue weighted by Gasteiger charge is 2.31. The van der Waals surface area contributed by atoms with E-state index in [4.69, 9.17) is 0 Å². The number of fused-ring (bicyclic) bond motifs is 1. The number of nitrogens with one attached hydrogen (secondary N) is 1. The molecule has 1 atom stereocenters. The molecule has 1 N–H and O–H groups in total. The third kappa shape index (κ3) is 1.54. The van der Waals surface area contributed by atoms with Crippen LogP contribution in [0.3, 0.4) is 0 Å². The second-order valence-electron chi connectivity index (χ2n) is 4.06. The molecule has 3 nitrogen and oxygen atoms in total. The van der Waals surface area contributed by atoms with Crippen molar-refractivity contribution in [1.82, 2.24) is 0 Å². The Morgan fingerprint density at radius 3 is 2.61 bits per heavy atom. The second-order valence-corrected chi connectivity index (χ2v) is 4.06. The van der Waals surface area contributed by atoms with Crippen LogP contribution in [0.5, 0.6) is 0 Å². The lowest BCUT2D eigenvalue weighted by Crippen LogP contribution is -2.33. The van der Waals surface area contributed by atoms with E-state index in [2.05, 4.69) is 5.32 Å². The normalized spacial score (nSPS) is 17.2. The highest BCUT2D eigenvalue weighted by atomic mass is 19.1. The van der Waals surface area contributed by atoms with Crippen molar-refractivity contribution in [2.24, 2.45) is 0 Å². The van der Waals surface area contributed by atoms with Gasteiger partial charge < -0.3 is 10.2 Å². The molecule has 2 aromatic rings. The third-order valence-corrected chi connectivity index (χ3v) is 2.98. The molecule has 0 fully saturated rings. The summed E-state index contributed by atoms with van der Waals surface area (Å²) in [6.45, 7) is 0. The van der Waals surface area contributed by atoms with Crippen LogP contribution in [0.2, 0.25) is 0 Å². The SMILES string of the molecule is O=CC1Nc2c(F)cccc2N1c1ccccc1. The van der Waals surface area contributed by atoms with Crippen LogP contribution >= 0.6 is 0 Å². The molecule has 90 valence electrons. The maximum Gasteiger partial charge on any atom is 0.163 e. The van der Waals surface area contributed by atoms with Gasteiger partial charge in [0.2, 0.25) is 0 Å². The van der Waals surface area contributed by atoms with Crippen LogP contribution in [0, 0.1) is 5.82 Å². The van der Waals surface area contributed by atoms with Crippen molar-refractivity contribution in [3.8, 4) is 0 Å². The Kier molecular flexibility index (Phi) is 2.48. The van der Waals surface area contributed by atoms with Crippen molar-refractivity contribution in [2.75, 3.05) is 10.2 Å². The van der Waals surface area contributed by atoms with Crippen molar-refractivity contribution in [3.05, 3.63) is 54.3 Å². The number of anilines is 3. The predicted octanol–water partition coefficient (Wildman–Crippen LogP) is 2.91. The molecule has 0 radical (unpaired) electrons. The predicted molar refractivity (Wildman–Crippen MR) is 68.5 cm³/mol. The Labute approximate surface area is 104 Å². The number of carbonyl (C=O) groups excluding carboxylic acids is 1. The van der Waals surface area contributed by atoms with E-state index in [1.54, 1.807) is 17.0 Å². The average Bonchev–Trinajstić information content (AvgIpc) is 2.80. The Balaban J connectivity index is 2.14. The van der Waals surface area contributed by atoms with Crippen LogP contribution in [0.15, 0.2) is 48.5 Å². The quantitative estimate of drug-likeness (QED) is 0.822. The van der Waals surface area contributed by atoms with Crippen LogP contribution in [0.1, 0.15) is 0 Å². The number of para-hydroxylation sites is 2. The van der Waals surface area contributed by atoms with E-state index in [0.717, 1.165) is 12.0 Å². The Morgan fingerprint density at radius 2 is 1.89 bits per heavy atom. The molecule has 1 aliphatic rings. The van der Waals surface area contributed by atoms with Gasteiger partial charge in [-0.1, -0.05) is 24.3 Å². The first-order valence-corrected chi connectivity index (χ1v) is 5.66. The molecular formula is C14H11FN2O. The first kappa shape index (κ1) is 10.8. The first-order valence-electron chi connectivity index (χ1n) is 5.66. The Hall–Kier alpha value is -2.36. The monoisotopic (exact) mass is 242 g/mol. The van der Waals surface area contributed by atoms with Crippen LogP contribution in [0.4, 0.5) is 21.5 Å². The number of nitrogens with zero attached hydrogens (tertiary/aromatic N) is 1. The van der Waals surface area contributed by atoms with Gasteiger partial charge in [0.25, 0.3) is 0 Å². The fourth-order valence-corrected chi connectivity index (χ4v) is 2.20. The highest BCUT2D eigenvalue weighted by molar-refractivity contribution is 5.89. The van der Waals surface area contributed by atoms with Crippen LogP contribution in [0.25, 0.3) is 0 Å². The van der Waals surface area contributed by atoms with Crippen LogP contribution in [-0.2, 0) is 4.79 Å². The number of hydrogen-bond acceptors (Lipinski definition) is 3. The van der Waals surface area contributed by atoms with Gasteiger partial charge in [0.1, 0.15) is 5.82 Å². The van der Waals surface area contributed by atoms with E-state index in [9.17, 15) is 9.18 Å². The number of aldehydes is 1. The molecule has 2 aromatic carbocycles. The highest BCUT2D eigenvalue weighted by Crippen LogP contribution is 2.40. The lowest BCUT2D eigenvalue weighted by atomic mass is 10.2. The minimum Gasteiger partial charge on any atom is -0.355 e. The summed E-state index contributed by atoms with van der Waals surface area (Å²) in [5.41, 5.74) is 1.91. The first-order chi connectivity index (χ1) is 8.81. The summed E-state index contributed by atoms with van der Waals surface area (Å²) in [5, 5.41) is 2.88. The van der Waals surface area contributed by atoms with E-state index in [0.29, 0.717) is 11.4 Å². The molecule has 1 aliphatic heterocycles. The molecule has 0 aliphatic carbocycles. The summed E-state index contributed by atoms with van der Waals surface area (Å²) in [6, 6.07) is 14.2. The minimum absolute atomic E-state index is 0.349. The van der Waals surface area contributed by atoms with Gasteiger partial charge in [-0.2, -0.15) is 0 Å². The second kappa shape index (κ2) is 4.14. The minimum atomic E-state index is -0.570. The van der Waals surface area contributed by atoms with Gasteiger partial charge in [0.05, 0.1) is 11.4 Å². The van der Waals surface area contributed by atoms with Gasteiger partial charge in [-0.05, 0) is 24.3 Å². The Morgan fingerprint density at radius 1 is 1.11 bits per heavy atom. The summed E-state index contributed by atoms with van der Waals surface area (Å²) in [4.78, 5) is 12.9. The largest absolute Gasteiger partial charge is 0.355 e. The molecule has 1 unspecified atom stereocenters. The molecule has 0 saturated carbocycles. The zero-order valence-electron chi connectivity index (χ0n) is 9.51. The fraction of sp³-hybridized carbons (Fsp3) is 0.0714. The number of benzene rings is 2. The maximum atomic E-state index is 13.7. The van der Waals surface area contributed by atoms with Gasteiger partial charge in [0.15, 0.2) is 12.5 Å². The maximum absolute atomic E-state index is 13.7. The lowest BCUT2D eigenvalue weighted by molar-refractivity contribution is -0.108. The summed E-state index contributed by atoms with van der Waals surface area (Å²) in [7, 11) is 0. The van der Waals surface area contributed by atoms with E-state index < -0.39 is 6.17 Å². The van der Waals surface area contributed by atoms with Crippen LogP contribution in [-0.4, -0.2) is 12.5 Å². The summed E-state index contributed by atoms with van der Waals surface area (Å²) >= 11 is 0. The van der Waals surface area contributed by atoms with Crippen molar-refractivity contribution >= 4 is 23.3 Å². The zero-order chi connectivity index (χ0) is 12.5. The van der Waals surface area contributed by atoms with E-state index >= 15 is 0 Å². The molecule has 0 saturated heterocycles. The summed E-state index contributed by atoms with van der Waals surface area (Å²) in [6.07, 6.45) is 0.200. The smallest absolute Gasteiger partial charge is 0.163 e. The standard InChI is InChI=1S/C14H11FN2O/c15-11-7-4-8-12-14(11)16-13(9-18)17(12)10-5-2-1-3-6-10/h1-9,13,16H. The van der Waals surface area contributed by atoms with Gasteiger partial charge in [-0.25, -0.2) is 4.39 Å². The average molecular weight is 242 g/mol. The van der Waals surface area contributed by atoms with E-state index in [-0.39, 0.29) is 5.82 Å². The molecule has 3 rings (SSSR count). The van der Waals surface area contributed by atoms with Crippen molar-refractivity contribution < 1.29 is 9.18 Å². The van der Waals surface area contributed by atoms with Gasteiger partial charge >= 0.3 is 0 Å². The van der Waals surface area contributed by atoms with Crippen LogP contribution < -0.4 is 10.2 Å². The van der Waals surface area contributed by atoms with E-state index in [1.165, 1.54) is 6.07 Å². The van der Waals surface area contributed by atoms with Gasteiger partial charge in [0, 0.05) is 5.69 Å². The fourth-order valence-electron chi connectivity index (χ4n) is 2.20. The summed E-state index contributed by atoms with van der Waals surface area (Å²) < 4.78 is 13.7. The topological polar surface area (TPSA) is 32.3 Å². The number of hydrogen-bond donors (Lipinski definition) is 1. The number of halogens is 1. The van der Waals surface area contributed by atoms with Gasteiger partial charge in [-0.15, -0.1) is 0 Å². The third-order valence-electron chi connectivity index (χ3n) is 2.98. The molecule has 4 heteroatoms. The molecular weight excluding hydrogens is 231 g/mol. The summed E-state index contributed by atoms with van der Waals surface area (Å²) in [5.74, 6) is -0.349. The number of carbonyl (C=O) groups is 1. The number of rotatable bonds is 2. The van der Waals surface area contributed by atoms with E-state index in [1.807, 2.05) is 30.3 Å². The Bertz CT molecular complexity index is 586. The molecule has 0 aromatic heterocycles. The van der Waals surface area contributed by atoms with Crippen molar-refractivity contribution in [2.45, 2.75) is 6.17 Å². The molecule has 0 spiro atoms. The zero-order valence-corrected chi connectivity index (χ0v) is 9.51.